The van der Waals surface area contributed by atoms with E-state index in [-0.39, 0.29) is 12.7 Å². The monoisotopic (exact) mass is 353 g/mol. The van der Waals surface area contributed by atoms with Crippen LogP contribution in [0.25, 0.3) is 0 Å². The van der Waals surface area contributed by atoms with Crippen LogP contribution in [0, 0.1) is 0 Å². The number of para-hydroxylation sites is 1. The molecule has 1 amide bonds. The van der Waals surface area contributed by atoms with Crippen molar-refractivity contribution in [1.82, 2.24) is 10.2 Å². The van der Waals surface area contributed by atoms with Crippen molar-refractivity contribution < 1.29 is 14.3 Å². The molecule has 0 unspecified atom stereocenters. The number of nitrogens with zero attached hydrogens (tertiary/aromatic N) is 2. The third kappa shape index (κ3) is 3.75. The summed E-state index contributed by atoms with van der Waals surface area (Å²) in [4.78, 5) is 17.1. The highest BCUT2D eigenvalue weighted by atomic mass is 16.7. The van der Waals surface area contributed by atoms with Gasteiger partial charge in [-0.2, -0.15) is 0 Å². The molecule has 2 aromatic carbocycles. The fourth-order valence-corrected chi connectivity index (χ4v) is 3.34. The number of anilines is 1. The molecule has 1 N–H and O–H groups in total. The summed E-state index contributed by atoms with van der Waals surface area (Å²) < 4.78 is 10.6. The highest BCUT2D eigenvalue weighted by Gasteiger charge is 2.18. The van der Waals surface area contributed by atoms with Gasteiger partial charge in [0, 0.05) is 50.5 Å². The van der Waals surface area contributed by atoms with Gasteiger partial charge in [-0.25, -0.2) is 0 Å². The zero-order valence-electron chi connectivity index (χ0n) is 14.7. The van der Waals surface area contributed by atoms with E-state index in [0.717, 1.165) is 32.7 Å². The molecule has 0 aliphatic carbocycles. The number of amides is 1. The Kier molecular flexibility index (Phi) is 4.93. The topological polar surface area (TPSA) is 54.0 Å². The Bertz CT molecular complexity index is 758. The average Bonchev–Trinajstić information content (AvgIpc) is 3.17. The number of ether oxygens (including phenoxy) is 2. The van der Waals surface area contributed by atoms with Crippen LogP contribution in [-0.4, -0.2) is 56.9 Å². The highest BCUT2D eigenvalue weighted by Crippen LogP contribution is 2.32. The molecule has 2 heterocycles. The SMILES string of the molecule is O=C(NCCN1CCN(c2ccccc2)CC1)c1ccc2c(c1)OCO2. The maximum atomic E-state index is 12.3. The van der Waals surface area contributed by atoms with Crippen LogP contribution in [0.2, 0.25) is 0 Å². The number of hydrogen-bond acceptors (Lipinski definition) is 5. The lowest BCUT2D eigenvalue weighted by Gasteiger charge is -2.36. The summed E-state index contributed by atoms with van der Waals surface area (Å²) in [5, 5.41) is 2.99. The van der Waals surface area contributed by atoms with Crippen LogP contribution in [-0.2, 0) is 0 Å². The fourth-order valence-electron chi connectivity index (χ4n) is 3.34. The molecule has 1 saturated heterocycles. The Morgan fingerprint density at radius 1 is 0.962 bits per heavy atom. The molecule has 2 aromatic rings. The molecule has 2 aliphatic rings. The van der Waals surface area contributed by atoms with Crippen molar-refractivity contribution in [2.45, 2.75) is 0 Å². The predicted molar refractivity (Wildman–Crippen MR) is 100.0 cm³/mol. The number of rotatable bonds is 5. The Balaban J connectivity index is 1.21. The van der Waals surface area contributed by atoms with Gasteiger partial charge in [-0.3, -0.25) is 9.69 Å². The second kappa shape index (κ2) is 7.66. The minimum absolute atomic E-state index is 0.0776. The zero-order chi connectivity index (χ0) is 17.8. The van der Waals surface area contributed by atoms with E-state index in [4.69, 9.17) is 9.47 Å². The van der Waals surface area contributed by atoms with Crippen molar-refractivity contribution in [3.63, 3.8) is 0 Å². The largest absolute Gasteiger partial charge is 0.454 e. The molecule has 136 valence electrons. The van der Waals surface area contributed by atoms with Gasteiger partial charge in [0.2, 0.25) is 6.79 Å². The smallest absolute Gasteiger partial charge is 0.251 e. The lowest BCUT2D eigenvalue weighted by atomic mass is 10.2. The van der Waals surface area contributed by atoms with E-state index < -0.39 is 0 Å². The van der Waals surface area contributed by atoms with Gasteiger partial charge in [0.05, 0.1) is 0 Å². The molecule has 26 heavy (non-hydrogen) atoms. The third-order valence-electron chi connectivity index (χ3n) is 4.84. The Morgan fingerprint density at radius 3 is 2.54 bits per heavy atom. The molecular formula is C20H23N3O3. The molecule has 0 atom stereocenters. The summed E-state index contributed by atoms with van der Waals surface area (Å²) in [6.07, 6.45) is 0. The predicted octanol–water partition coefficient (Wildman–Crippen LogP) is 1.97. The summed E-state index contributed by atoms with van der Waals surface area (Å²) in [7, 11) is 0. The van der Waals surface area contributed by atoms with Crippen LogP contribution in [0.4, 0.5) is 5.69 Å². The first-order chi connectivity index (χ1) is 12.8. The molecular weight excluding hydrogens is 330 g/mol. The summed E-state index contributed by atoms with van der Waals surface area (Å²) >= 11 is 0. The van der Waals surface area contributed by atoms with Gasteiger partial charge in [0.1, 0.15) is 0 Å². The van der Waals surface area contributed by atoms with E-state index in [0.29, 0.717) is 23.6 Å². The van der Waals surface area contributed by atoms with E-state index in [2.05, 4.69) is 39.4 Å². The van der Waals surface area contributed by atoms with Gasteiger partial charge in [0.15, 0.2) is 11.5 Å². The van der Waals surface area contributed by atoms with E-state index in [1.165, 1.54) is 5.69 Å². The molecule has 6 heteroatoms. The van der Waals surface area contributed by atoms with E-state index in [1.54, 1.807) is 18.2 Å². The van der Waals surface area contributed by atoms with Gasteiger partial charge in [-0.1, -0.05) is 18.2 Å². The summed E-state index contributed by atoms with van der Waals surface area (Å²) in [6, 6.07) is 15.8. The summed E-state index contributed by atoms with van der Waals surface area (Å²) in [5.74, 6) is 1.25. The number of hydrogen-bond donors (Lipinski definition) is 1. The molecule has 0 spiro atoms. The van der Waals surface area contributed by atoms with Crippen LogP contribution in [0.5, 0.6) is 11.5 Å². The van der Waals surface area contributed by atoms with Gasteiger partial charge >= 0.3 is 0 Å². The fraction of sp³-hybridized carbons (Fsp3) is 0.350. The zero-order valence-corrected chi connectivity index (χ0v) is 14.7. The minimum atomic E-state index is -0.0776. The Labute approximate surface area is 153 Å². The molecule has 0 radical (unpaired) electrons. The van der Waals surface area contributed by atoms with Crippen LogP contribution in [0.1, 0.15) is 10.4 Å². The summed E-state index contributed by atoms with van der Waals surface area (Å²) in [6.45, 7) is 5.76. The average molecular weight is 353 g/mol. The first-order valence-corrected chi connectivity index (χ1v) is 9.00. The van der Waals surface area contributed by atoms with Crippen molar-refractivity contribution in [1.29, 1.82) is 0 Å². The van der Waals surface area contributed by atoms with Crippen molar-refractivity contribution in [2.24, 2.45) is 0 Å². The van der Waals surface area contributed by atoms with Crippen LogP contribution >= 0.6 is 0 Å². The Morgan fingerprint density at radius 2 is 1.73 bits per heavy atom. The van der Waals surface area contributed by atoms with E-state index in [9.17, 15) is 4.79 Å². The van der Waals surface area contributed by atoms with Crippen molar-refractivity contribution in [3.05, 3.63) is 54.1 Å². The number of fused-ring (bicyclic) bond motifs is 1. The molecule has 0 saturated carbocycles. The lowest BCUT2D eigenvalue weighted by molar-refractivity contribution is 0.0947. The van der Waals surface area contributed by atoms with Gasteiger partial charge in [-0.05, 0) is 30.3 Å². The highest BCUT2D eigenvalue weighted by molar-refractivity contribution is 5.94. The lowest BCUT2D eigenvalue weighted by Crippen LogP contribution is -2.48. The normalized spacial score (nSPS) is 16.5. The maximum Gasteiger partial charge on any atom is 0.251 e. The van der Waals surface area contributed by atoms with Crippen molar-refractivity contribution in [3.8, 4) is 11.5 Å². The number of carbonyl (C=O) groups is 1. The molecule has 2 aliphatic heterocycles. The second-order valence-corrected chi connectivity index (χ2v) is 6.49. The van der Waals surface area contributed by atoms with Gasteiger partial charge < -0.3 is 19.7 Å². The van der Waals surface area contributed by atoms with Gasteiger partial charge in [-0.15, -0.1) is 0 Å². The maximum absolute atomic E-state index is 12.3. The van der Waals surface area contributed by atoms with Crippen LogP contribution in [0.15, 0.2) is 48.5 Å². The standard InChI is InChI=1S/C20H23N3O3/c24-20(16-6-7-18-19(14-16)26-15-25-18)21-8-9-22-10-12-23(13-11-22)17-4-2-1-3-5-17/h1-7,14H,8-13,15H2,(H,21,24). The van der Waals surface area contributed by atoms with Gasteiger partial charge in [0.25, 0.3) is 5.91 Å². The number of carbonyl (C=O) groups excluding carboxylic acids is 1. The van der Waals surface area contributed by atoms with Crippen LogP contribution in [0.3, 0.4) is 0 Å². The molecule has 1 fully saturated rings. The number of nitrogens with one attached hydrogen (secondary N) is 1. The van der Waals surface area contributed by atoms with E-state index in [1.807, 2.05) is 6.07 Å². The number of piperazine rings is 1. The van der Waals surface area contributed by atoms with Crippen molar-refractivity contribution >= 4 is 11.6 Å². The van der Waals surface area contributed by atoms with E-state index >= 15 is 0 Å². The first kappa shape index (κ1) is 16.7. The Hall–Kier alpha value is -2.73. The molecule has 0 aromatic heterocycles. The minimum Gasteiger partial charge on any atom is -0.454 e. The third-order valence-corrected chi connectivity index (χ3v) is 4.84. The quantitative estimate of drug-likeness (QED) is 0.891. The number of benzene rings is 2. The van der Waals surface area contributed by atoms with Crippen LogP contribution < -0.4 is 19.7 Å². The second-order valence-electron chi connectivity index (χ2n) is 6.49. The van der Waals surface area contributed by atoms with Crippen molar-refractivity contribution in [2.75, 3.05) is 51.0 Å². The molecule has 0 bridgehead atoms. The molecule has 6 nitrogen and oxygen atoms in total. The summed E-state index contributed by atoms with van der Waals surface area (Å²) in [5.41, 5.74) is 1.88. The molecule has 4 rings (SSSR count). The first-order valence-electron chi connectivity index (χ1n) is 9.00.